The Bertz CT molecular complexity index is 310. The standard InChI is InChI=1S/C7H5NO4.Na/c9-6(10)4-2-1-3-5(8-4)7(11)12;/h1-3H,(H,9,10)(H,11,12);. The summed E-state index contributed by atoms with van der Waals surface area (Å²) in [4.78, 5) is 24.0. The summed E-state index contributed by atoms with van der Waals surface area (Å²) in [6.07, 6.45) is 0. The average molecular weight is 190 g/mol. The van der Waals surface area contributed by atoms with Crippen LogP contribution in [0.5, 0.6) is 0 Å². The number of carbonyl (C=O) groups is 2. The number of rotatable bonds is 2. The van der Waals surface area contributed by atoms with Crippen LogP contribution in [0.25, 0.3) is 0 Å². The normalized spacial score (nSPS) is 8.62. The van der Waals surface area contributed by atoms with E-state index in [0.29, 0.717) is 0 Å². The molecule has 5 nitrogen and oxygen atoms in total. The molecule has 1 heterocycles. The summed E-state index contributed by atoms with van der Waals surface area (Å²) in [6.45, 7) is 0. The van der Waals surface area contributed by atoms with Gasteiger partial charge in [-0.2, -0.15) is 0 Å². The molecule has 0 spiro atoms. The zero-order valence-electron chi connectivity index (χ0n) is 6.89. The maximum atomic E-state index is 10.3. The van der Waals surface area contributed by atoms with E-state index in [0.717, 1.165) is 0 Å². The molecule has 0 fully saturated rings. The van der Waals surface area contributed by atoms with E-state index in [1.807, 2.05) is 0 Å². The molecule has 1 aromatic rings. The first kappa shape index (κ1) is 12.1. The second-order valence-corrected chi connectivity index (χ2v) is 2.02. The van der Waals surface area contributed by atoms with Gasteiger partial charge in [-0.25, -0.2) is 14.6 Å². The van der Waals surface area contributed by atoms with Crippen LogP contribution in [0.3, 0.4) is 0 Å². The molecule has 0 aliphatic heterocycles. The van der Waals surface area contributed by atoms with Crippen LogP contribution in [0, 0.1) is 0 Å². The molecular weight excluding hydrogens is 185 g/mol. The first-order chi connectivity index (χ1) is 5.61. The quantitative estimate of drug-likeness (QED) is 0.645. The monoisotopic (exact) mass is 190 g/mol. The number of aromatic nitrogens is 1. The molecule has 13 heavy (non-hydrogen) atoms. The topological polar surface area (TPSA) is 87.5 Å². The average Bonchev–Trinajstić information content (AvgIpc) is 2.04. The van der Waals surface area contributed by atoms with Crippen LogP contribution in [-0.4, -0.2) is 56.7 Å². The number of aromatic carboxylic acids is 2. The third-order valence-corrected chi connectivity index (χ3v) is 1.19. The smallest absolute Gasteiger partial charge is 0.354 e. The number of hydrogen-bond donors (Lipinski definition) is 2. The first-order valence-electron chi connectivity index (χ1n) is 3.05. The summed E-state index contributed by atoms with van der Waals surface area (Å²) in [5, 5.41) is 16.9. The third kappa shape index (κ3) is 3.14. The van der Waals surface area contributed by atoms with E-state index in [-0.39, 0.29) is 40.9 Å². The van der Waals surface area contributed by atoms with Crippen molar-refractivity contribution in [3.8, 4) is 0 Å². The molecule has 1 aromatic heterocycles. The Morgan fingerprint density at radius 2 is 1.46 bits per heavy atom. The summed E-state index contributed by atoms with van der Waals surface area (Å²) in [5.41, 5.74) is -0.537. The number of carboxylic acid groups (broad SMARTS) is 2. The Hall–Kier alpha value is -0.910. The molecule has 0 saturated heterocycles. The van der Waals surface area contributed by atoms with Crippen molar-refractivity contribution in [3.63, 3.8) is 0 Å². The van der Waals surface area contributed by atoms with E-state index < -0.39 is 11.9 Å². The number of pyridine rings is 1. The van der Waals surface area contributed by atoms with Crippen molar-refractivity contribution in [1.82, 2.24) is 4.98 Å². The van der Waals surface area contributed by atoms with Crippen LogP contribution in [0.2, 0.25) is 0 Å². The predicted molar refractivity (Wildman–Crippen MR) is 43.9 cm³/mol. The second-order valence-electron chi connectivity index (χ2n) is 2.02. The van der Waals surface area contributed by atoms with Crippen molar-refractivity contribution in [2.24, 2.45) is 0 Å². The molecule has 0 unspecified atom stereocenters. The van der Waals surface area contributed by atoms with Gasteiger partial charge < -0.3 is 10.2 Å². The van der Waals surface area contributed by atoms with Crippen LogP contribution < -0.4 is 0 Å². The largest absolute Gasteiger partial charge is 0.477 e. The molecular formula is C7H5NNaO4. The maximum absolute atomic E-state index is 10.3. The molecule has 0 saturated carbocycles. The Balaban J connectivity index is 0.00000144. The van der Waals surface area contributed by atoms with Crippen LogP contribution in [0.4, 0.5) is 0 Å². The van der Waals surface area contributed by atoms with Crippen LogP contribution in [-0.2, 0) is 0 Å². The second kappa shape index (κ2) is 4.96. The van der Waals surface area contributed by atoms with Crippen molar-refractivity contribution in [3.05, 3.63) is 29.6 Å². The molecule has 1 radical (unpaired) electrons. The van der Waals surface area contributed by atoms with Crippen LogP contribution in [0.1, 0.15) is 21.0 Å². The fourth-order valence-corrected chi connectivity index (χ4v) is 0.673. The van der Waals surface area contributed by atoms with E-state index in [2.05, 4.69) is 4.98 Å². The zero-order valence-corrected chi connectivity index (χ0v) is 8.89. The molecule has 1 rings (SSSR count). The molecule has 0 aliphatic rings. The van der Waals surface area contributed by atoms with Gasteiger partial charge in [0.1, 0.15) is 11.4 Å². The molecule has 0 bridgehead atoms. The van der Waals surface area contributed by atoms with Crippen molar-refractivity contribution in [2.75, 3.05) is 0 Å². The van der Waals surface area contributed by atoms with Gasteiger partial charge >= 0.3 is 11.9 Å². The van der Waals surface area contributed by atoms with Crippen molar-refractivity contribution in [2.45, 2.75) is 0 Å². The predicted octanol–water partition coefficient (Wildman–Crippen LogP) is 0.0972. The van der Waals surface area contributed by atoms with Gasteiger partial charge in [0.25, 0.3) is 0 Å². The van der Waals surface area contributed by atoms with E-state index in [1.165, 1.54) is 18.2 Å². The summed E-state index contributed by atoms with van der Waals surface area (Å²) in [5.74, 6) is -2.48. The van der Waals surface area contributed by atoms with Crippen molar-refractivity contribution in [1.29, 1.82) is 0 Å². The first-order valence-corrected chi connectivity index (χ1v) is 3.05. The van der Waals surface area contributed by atoms with Gasteiger partial charge in [0, 0.05) is 29.6 Å². The Kier molecular flexibility index (Phi) is 4.61. The molecule has 0 aliphatic carbocycles. The minimum absolute atomic E-state index is 0. The Morgan fingerprint density at radius 3 is 1.77 bits per heavy atom. The van der Waals surface area contributed by atoms with Crippen LogP contribution in [0.15, 0.2) is 18.2 Å². The number of carboxylic acids is 2. The summed E-state index contributed by atoms with van der Waals surface area (Å²) < 4.78 is 0. The van der Waals surface area contributed by atoms with Crippen molar-refractivity contribution < 1.29 is 19.8 Å². The van der Waals surface area contributed by atoms with E-state index in [9.17, 15) is 9.59 Å². The van der Waals surface area contributed by atoms with E-state index in [4.69, 9.17) is 10.2 Å². The van der Waals surface area contributed by atoms with E-state index in [1.54, 1.807) is 0 Å². The van der Waals surface area contributed by atoms with Gasteiger partial charge in [-0.05, 0) is 12.1 Å². The van der Waals surface area contributed by atoms with Crippen LogP contribution >= 0.6 is 0 Å². The molecule has 6 heteroatoms. The summed E-state index contributed by atoms with van der Waals surface area (Å²) in [7, 11) is 0. The molecule has 2 N–H and O–H groups in total. The zero-order chi connectivity index (χ0) is 9.14. The SMILES string of the molecule is O=C(O)c1cccc(C(=O)O)n1.[Na]. The third-order valence-electron chi connectivity index (χ3n) is 1.19. The maximum Gasteiger partial charge on any atom is 0.354 e. The van der Waals surface area contributed by atoms with Gasteiger partial charge in [-0.3, -0.25) is 0 Å². The van der Waals surface area contributed by atoms with Gasteiger partial charge in [0.05, 0.1) is 0 Å². The summed E-state index contributed by atoms with van der Waals surface area (Å²) in [6, 6.07) is 3.80. The van der Waals surface area contributed by atoms with Gasteiger partial charge in [-0.1, -0.05) is 6.07 Å². The Morgan fingerprint density at radius 1 is 1.08 bits per heavy atom. The van der Waals surface area contributed by atoms with Gasteiger partial charge in [0.2, 0.25) is 0 Å². The number of nitrogens with zero attached hydrogens (tertiary/aromatic N) is 1. The van der Waals surface area contributed by atoms with Gasteiger partial charge in [0.15, 0.2) is 0 Å². The molecule has 0 amide bonds. The Labute approximate surface area is 95.7 Å². The number of hydrogen-bond acceptors (Lipinski definition) is 3. The molecule has 0 aromatic carbocycles. The molecule has 63 valence electrons. The van der Waals surface area contributed by atoms with Gasteiger partial charge in [-0.15, -0.1) is 0 Å². The van der Waals surface area contributed by atoms with E-state index >= 15 is 0 Å². The fourth-order valence-electron chi connectivity index (χ4n) is 0.673. The molecule has 0 atom stereocenters. The minimum Gasteiger partial charge on any atom is -0.477 e. The minimum atomic E-state index is -1.24. The fraction of sp³-hybridized carbons (Fsp3) is 0. The van der Waals surface area contributed by atoms with Crippen molar-refractivity contribution >= 4 is 41.5 Å². The summed E-state index contributed by atoms with van der Waals surface area (Å²) >= 11 is 0.